The van der Waals surface area contributed by atoms with E-state index in [0.29, 0.717) is 47.3 Å². The summed E-state index contributed by atoms with van der Waals surface area (Å²) in [6, 6.07) is 14.8. The second-order valence-electron chi connectivity index (χ2n) is 8.30. The van der Waals surface area contributed by atoms with Gasteiger partial charge in [0.15, 0.2) is 0 Å². The third kappa shape index (κ3) is 5.37. The third-order valence-corrected chi connectivity index (χ3v) is 6.29. The van der Waals surface area contributed by atoms with E-state index in [-0.39, 0.29) is 5.91 Å². The van der Waals surface area contributed by atoms with E-state index in [1.54, 1.807) is 24.3 Å². The largest absolute Gasteiger partial charge is 0.465 e. The fourth-order valence-corrected chi connectivity index (χ4v) is 4.42. The first-order chi connectivity index (χ1) is 16.5. The normalized spacial score (nSPS) is 15.3. The fraction of sp³-hybridized carbons (Fsp3) is 0.308. The van der Waals surface area contributed by atoms with Crippen molar-refractivity contribution in [1.29, 1.82) is 0 Å². The zero-order valence-electron chi connectivity index (χ0n) is 19.3. The van der Waals surface area contributed by atoms with E-state index in [2.05, 4.69) is 29.4 Å². The average molecular weight is 479 g/mol. The number of methoxy groups -OCH3 is 1. The molecule has 0 saturated carbocycles. The Morgan fingerprint density at radius 2 is 2.00 bits per heavy atom. The topological polar surface area (TPSA) is 84.4 Å². The van der Waals surface area contributed by atoms with Gasteiger partial charge in [-0.25, -0.2) is 14.8 Å². The summed E-state index contributed by atoms with van der Waals surface area (Å²) >= 11 is 6.05. The number of hydrogen-bond donors (Lipinski definition) is 1. The molecule has 8 heteroatoms. The van der Waals surface area contributed by atoms with Crippen LogP contribution in [0, 0.1) is 6.92 Å². The Morgan fingerprint density at radius 3 is 2.76 bits per heavy atom. The van der Waals surface area contributed by atoms with Gasteiger partial charge in [0.25, 0.3) is 0 Å². The van der Waals surface area contributed by atoms with Crippen molar-refractivity contribution in [2.45, 2.75) is 38.6 Å². The summed E-state index contributed by atoms with van der Waals surface area (Å²) in [6.07, 6.45) is 4.32. The van der Waals surface area contributed by atoms with Crippen LogP contribution in [-0.2, 0) is 22.4 Å². The summed E-state index contributed by atoms with van der Waals surface area (Å²) in [5, 5.41) is 3.49. The Bertz CT molecular complexity index is 1200. The lowest BCUT2D eigenvalue weighted by atomic mass is 10.0. The minimum atomic E-state index is -0.469. The SMILES string of the molecule is COC(=O)c1cnc(N2CCCC2C(=O)Nc2cccc(Cl)c2)nc1CCc1ccccc1C. The number of carbonyl (C=O) groups excluding carboxylic acids is 2. The molecule has 0 spiro atoms. The number of aromatic nitrogens is 2. The Kier molecular flexibility index (Phi) is 7.43. The molecule has 34 heavy (non-hydrogen) atoms. The summed E-state index contributed by atoms with van der Waals surface area (Å²) in [6.45, 7) is 2.72. The summed E-state index contributed by atoms with van der Waals surface area (Å²) in [5.41, 5.74) is 3.98. The molecule has 1 atom stereocenters. The number of hydrogen-bond acceptors (Lipinski definition) is 6. The summed E-state index contributed by atoms with van der Waals surface area (Å²) in [5.74, 6) is -0.166. The number of halogens is 1. The molecule has 1 N–H and O–H groups in total. The Labute approximate surface area is 204 Å². The molecule has 1 aliphatic rings. The second kappa shape index (κ2) is 10.7. The lowest BCUT2D eigenvalue weighted by Gasteiger charge is -2.24. The second-order valence-corrected chi connectivity index (χ2v) is 8.74. The monoisotopic (exact) mass is 478 g/mol. The first-order valence-corrected chi connectivity index (χ1v) is 11.7. The van der Waals surface area contributed by atoms with Gasteiger partial charge in [0.05, 0.1) is 18.4 Å². The number of carbonyl (C=O) groups is 2. The lowest BCUT2D eigenvalue weighted by Crippen LogP contribution is -2.40. The van der Waals surface area contributed by atoms with Gasteiger partial charge in [-0.1, -0.05) is 41.9 Å². The van der Waals surface area contributed by atoms with Gasteiger partial charge in [0, 0.05) is 23.5 Å². The molecule has 2 heterocycles. The van der Waals surface area contributed by atoms with Crippen molar-refractivity contribution in [3.05, 3.63) is 82.1 Å². The number of ether oxygens (including phenoxy) is 1. The number of nitrogens with zero attached hydrogens (tertiary/aromatic N) is 3. The van der Waals surface area contributed by atoms with Crippen molar-refractivity contribution in [3.63, 3.8) is 0 Å². The number of benzene rings is 2. The maximum absolute atomic E-state index is 13.0. The lowest BCUT2D eigenvalue weighted by molar-refractivity contribution is -0.117. The van der Waals surface area contributed by atoms with E-state index in [1.807, 2.05) is 17.0 Å². The van der Waals surface area contributed by atoms with E-state index in [0.717, 1.165) is 12.8 Å². The number of aryl methyl sites for hydroxylation is 3. The molecule has 3 aromatic rings. The summed E-state index contributed by atoms with van der Waals surface area (Å²) in [7, 11) is 1.35. The zero-order chi connectivity index (χ0) is 24.1. The number of rotatable bonds is 7. The molecule has 7 nitrogen and oxygen atoms in total. The maximum Gasteiger partial charge on any atom is 0.341 e. The Balaban J connectivity index is 1.57. The molecule has 1 saturated heterocycles. The summed E-state index contributed by atoms with van der Waals surface area (Å²) < 4.78 is 4.95. The molecule has 1 fully saturated rings. The first-order valence-electron chi connectivity index (χ1n) is 11.3. The molecule has 1 aliphatic heterocycles. The van der Waals surface area contributed by atoms with E-state index in [4.69, 9.17) is 21.3 Å². The molecular weight excluding hydrogens is 452 g/mol. The van der Waals surface area contributed by atoms with Gasteiger partial charge < -0.3 is 15.0 Å². The van der Waals surface area contributed by atoms with Crippen molar-refractivity contribution in [2.75, 3.05) is 23.9 Å². The minimum Gasteiger partial charge on any atom is -0.465 e. The standard InChI is InChI=1S/C26H27ClN4O3/c1-17-7-3-4-8-18(17)12-13-22-21(25(33)34-2)16-28-26(30-22)31-14-6-11-23(31)24(32)29-20-10-5-9-19(27)15-20/h3-5,7-10,15-16,23H,6,11-14H2,1-2H3,(H,29,32). The van der Waals surface area contributed by atoms with Gasteiger partial charge in [0.2, 0.25) is 11.9 Å². The smallest absolute Gasteiger partial charge is 0.341 e. The van der Waals surface area contributed by atoms with Crippen LogP contribution in [0.25, 0.3) is 0 Å². The van der Waals surface area contributed by atoms with E-state index < -0.39 is 12.0 Å². The highest BCUT2D eigenvalue weighted by atomic mass is 35.5. The minimum absolute atomic E-state index is 0.137. The van der Waals surface area contributed by atoms with Gasteiger partial charge in [-0.15, -0.1) is 0 Å². The molecule has 176 valence electrons. The van der Waals surface area contributed by atoms with E-state index >= 15 is 0 Å². The van der Waals surface area contributed by atoms with Gasteiger partial charge >= 0.3 is 5.97 Å². The maximum atomic E-state index is 13.0. The van der Waals surface area contributed by atoms with E-state index in [9.17, 15) is 9.59 Å². The van der Waals surface area contributed by atoms with Crippen molar-refractivity contribution >= 4 is 35.1 Å². The average Bonchev–Trinajstić information content (AvgIpc) is 3.33. The summed E-state index contributed by atoms with van der Waals surface area (Å²) in [4.78, 5) is 36.5. The number of anilines is 2. The number of nitrogens with one attached hydrogen (secondary N) is 1. The Hall–Kier alpha value is -3.45. The van der Waals surface area contributed by atoms with Crippen LogP contribution in [0.4, 0.5) is 11.6 Å². The van der Waals surface area contributed by atoms with Crippen LogP contribution in [-0.4, -0.2) is 41.5 Å². The third-order valence-electron chi connectivity index (χ3n) is 6.06. The molecule has 1 aromatic heterocycles. The molecule has 4 rings (SSSR count). The van der Waals surface area contributed by atoms with Crippen molar-refractivity contribution < 1.29 is 14.3 Å². The van der Waals surface area contributed by atoms with Crippen LogP contribution >= 0.6 is 11.6 Å². The molecular formula is C26H27ClN4O3. The number of amides is 1. The van der Waals surface area contributed by atoms with Crippen LogP contribution in [0.1, 0.15) is 40.0 Å². The predicted octanol–water partition coefficient (Wildman–Crippen LogP) is 4.62. The first kappa shape index (κ1) is 23.7. The highest BCUT2D eigenvalue weighted by molar-refractivity contribution is 6.30. The van der Waals surface area contributed by atoms with Gasteiger partial charge in [-0.2, -0.15) is 0 Å². The molecule has 1 amide bonds. The number of esters is 1. The molecule has 0 radical (unpaired) electrons. The van der Waals surface area contributed by atoms with Gasteiger partial charge in [-0.3, -0.25) is 4.79 Å². The van der Waals surface area contributed by atoms with Crippen LogP contribution in [0.3, 0.4) is 0 Å². The van der Waals surface area contributed by atoms with Gasteiger partial charge in [-0.05, 0) is 61.9 Å². The molecule has 0 bridgehead atoms. The van der Waals surface area contributed by atoms with Crippen molar-refractivity contribution in [1.82, 2.24) is 9.97 Å². The highest BCUT2D eigenvalue weighted by Gasteiger charge is 2.33. The predicted molar refractivity (Wildman–Crippen MR) is 132 cm³/mol. The van der Waals surface area contributed by atoms with Crippen LogP contribution in [0.2, 0.25) is 5.02 Å². The quantitative estimate of drug-likeness (QED) is 0.499. The Morgan fingerprint density at radius 1 is 1.18 bits per heavy atom. The molecule has 1 unspecified atom stereocenters. The van der Waals surface area contributed by atoms with E-state index in [1.165, 1.54) is 24.4 Å². The molecule has 2 aromatic carbocycles. The zero-order valence-corrected chi connectivity index (χ0v) is 20.0. The van der Waals surface area contributed by atoms with Crippen molar-refractivity contribution in [3.8, 4) is 0 Å². The highest BCUT2D eigenvalue weighted by Crippen LogP contribution is 2.26. The van der Waals surface area contributed by atoms with Crippen LogP contribution in [0.5, 0.6) is 0 Å². The molecule has 0 aliphatic carbocycles. The van der Waals surface area contributed by atoms with Crippen LogP contribution in [0.15, 0.2) is 54.7 Å². The van der Waals surface area contributed by atoms with Crippen LogP contribution < -0.4 is 10.2 Å². The fourth-order valence-electron chi connectivity index (χ4n) is 4.23. The van der Waals surface area contributed by atoms with Gasteiger partial charge in [0.1, 0.15) is 6.04 Å². The van der Waals surface area contributed by atoms with Crippen molar-refractivity contribution in [2.24, 2.45) is 0 Å².